The first kappa shape index (κ1) is 30.7. The number of amidine groups is 2. The minimum absolute atomic E-state index is 0.232. The van der Waals surface area contributed by atoms with Gasteiger partial charge >= 0.3 is 0 Å². The van der Waals surface area contributed by atoms with E-state index in [9.17, 15) is 0 Å². The number of dihydropyridines is 1. The molecule has 4 heteroatoms. The van der Waals surface area contributed by atoms with Crippen LogP contribution in [0.15, 0.2) is 151 Å². The maximum absolute atomic E-state index is 5.40. The van der Waals surface area contributed by atoms with E-state index in [1.807, 2.05) is 0 Å². The van der Waals surface area contributed by atoms with Crippen molar-refractivity contribution in [3.63, 3.8) is 0 Å². The quantitative estimate of drug-likeness (QED) is 0.319. The first-order valence-corrected chi connectivity index (χ1v) is 19.0. The topological polar surface area (TPSA) is 49.1 Å². The van der Waals surface area contributed by atoms with Gasteiger partial charge in [-0.15, -0.1) is 0 Å². The Labute approximate surface area is 292 Å². The summed E-state index contributed by atoms with van der Waals surface area (Å²) >= 11 is 0. The van der Waals surface area contributed by atoms with E-state index in [2.05, 4.69) is 109 Å². The molecule has 2 aliphatic heterocycles. The Bertz CT molecular complexity index is 1900. The van der Waals surface area contributed by atoms with Crippen molar-refractivity contribution in [2.24, 2.45) is 38.6 Å². The third-order valence-electron chi connectivity index (χ3n) is 12.1. The van der Waals surface area contributed by atoms with Gasteiger partial charge in [0, 0.05) is 23.1 Å². The summed E-state index contributed by atoms with van der Waals surface area (Å²) in [5, 5.41) is 3.82. The lowest BCUT2D eigenvalue weighted by atomic mass is 9.62. The fourth-order valence-electron chi connectivity index (χ4n) is 9.65. The van der Waals surface area contributed by atoms with E-state index >= 15 is 0 Å². The Morgan fingerprint density at radius 1 is 0.776 bits per heavy atom. The summed E-state index contributed by atoms with van der Waals surface area (Å²) in [6, 6.07) is 10.9. The number of hydrogen-bond donors (Lipinski definition) is 1. The van der Waals surface area contributed by atoms with E-state index in [1.165, 1.54) is 48.1 Å². The van der Waals surface area contributed by atoms with E-state index in [1.54, 1.807) is 22.3 Å². The van der Waals surface area contributed by atoms with Gasteiger partial charge in [0.25, 0.3) is 0 Å². The van der Waals surface area contributed by atoms with Crippen molar-refractivity contribution in [2.75, 3.05) is 0 Å². The molecule has 6 atom stereocenters. The predicted octanol–water partition coefficient (Wildman–Crippen LogP) is 10.4. The maximum atomic E-state index is 5.40. The minimum Gasteiger partial charge on any atom is -0.328 e. The van der Waals surface area contributed by atoms with Crippen LogP contribution in [0.25, 0.3) is 0 Å². The Balaban J connectivity index is 1.12. The number of rotatable bonds is 5. The maximum Gasteiger partial charge on any atom is 0.169 e. The van der Waals surface area contributed by atoms with E-state index < -0.39 is 0 Å². The monoisotopic (exact) mass is 644 g/mol. The molecule has 1 aromatic carbocycles. The number of aliphatic imine (C=N–C) groups is 3. The van der Waals surface area contributed by atoms with Crippen molar-refractivity contribution in [3.8, 4) is 0 Å². The average molecular weight is 645 g/mol. The van der Waals surface area contributed by atoms with Crippen molar-refractivity contribution in [2.45, 2.75) is 89.8 Å². The Hall–Kier alpha value is -4.31. The molecule has 2 heterocycles. The standard InChI is InChI=1S/C45H48N4/c1-29-39(27-33-19-9-13-23-42(33)46-29)38-25-24-34(28-41(38)40-26-32-18-8-10-20-35(32)36-21-11-12-22-37(36)40)45-48-43(30-14-4-2-5-15-30)47-44(49-45)31-16-6-3-7-17-31/h2,4-6,8,12-18,22-23,25,27,33-34,40-43H,3,7,9-11,19-21,24,26,28H2,1H3,(H,47,48,49). The first-order chi connectivity index (χ1) is 24.2. The smallest absolute Gasteiger partial charge is 0.169 e. The van der Waals surface area contributed by atoms with Crippen LogP contribution in [0.5, 0.6) is 0 Å². The highest BCUT2D eigenvalue weighted by molar-refractivity contribution is 6.12. The second-order valence-corrected chi connectivity index (χ2v) is 15.1. The van der Waals surface area contributed by atoms with Crippen LogP contribution in [-0.2, 0) is 0 Å². The second-order valence-electron chi connectivity index (χ2n) is 15.1. The zero-order chi connectivity index (χ0) is 32.7. The molecule has 49 heavy (non-hydrogen) atoms. The Kier molecular flexibility index (Phi) is 8.27. The summed E-state index contributed by atoms with van der Waals surface area (Å²) in [4.78, 5) is 15.9. The summed E-state index contributed by atoms with van der Waals surface area (Å²) in [5.74, 6) is 3.70. The van der Waals surface area contributed by atoms with E-state index in [4.69, 9.17) is 15.0 Å². The molecule has 6 unspecified atom stereocenters. The van der Waals surface area contributed by atoms with Crippen LogP contribution in [0.4, 0.5) is 0 Å². The third kappa shape index (κ3) is 5.87. The molecule has 0 fully saturated rings. The molecule has 0 amide bonds. The molecule has 8 aliphatic rings. The van der Waals surface area contributed by atoms with Crippen LogP contribution in [0, 0.1) is 23.7 Å². The fraction of sp³-hybridized carbons (Fsp3) is 0.400. The lowest BCUT2D eigenvalue weighted by molar-refractivity contribution is 0.352. The van der Waals surface area contributed by atoms with Gasteiger partial charge in [0.15, 0.2) is 6.17 Å². The van der Waals surface area contributed by atoms with Crippen molar-refractivity contribution in [1.82, 2.24) is 5.32 Å². The van der Waals surface area contributed by atoms with Crippen molar-refractivity contribution in [1.29, 1.82) is 0 Å². The van der Waals surface area contributed by atoms with Gasteiger partial charge < -0.3 is 5.32 Å². The van der Waals surface area contributed by atoms with Crippen molar-refractivity contribution >= 4 is 17.4 Å². The van der Waals surface area contributed by atoms with Crippen LogP contribution < -0.4 is 5.32 Å². The number of fused-ring (bicyclic) bond motifs is 2. The number of allylic oxidation sites excluding steroid dienone is 14. The largest absolute Gasteiger partial charge is 0.328 e. The number of nitrogens with zero attached hydrogens (tertiary/aromatic N) is 3. The molecule has 1 N–H and O–H groups in total. The van der Waals surface area contributed by atoms with E-state index in [0.29, 0.717) is 29.7 Å². The predicted molar refractivity (Wildman–Crippen MR) is 204 cm³/mol. The van der Waals surface area contributed by atoms with Gasteiger partial charge in [-0.05, 0) is 128 Å². The molecule has 4 nitrogen and oxygen atoms in total. The highest BCUT2D eigenvalue weighted by Gasteiger charge is 2.41. The van der Waals surface area contributed by atoms with Crippen molar-refractivity contribution < 1.29 is 0 Å². The Morgan fingerprint density at radius 3 is 2.51 bits per heavy atom. The van der Waals surface area contributed by atoms with Gasteiger partial charge in [-0.25, -0.2) is 9.98 Å². The number of nitrogens with one attached hydrogen (secondary N) is 1. The van der Waals surface area contributed by atoms with E-state index in [-0.39, 0.29) is 6.17 Å². The van der Waals surface area contributed by atoms with Gasteiger partial charge in [-0.3, -0.25) is 4.99 Å². The molecular formula is C45H48N4. The van der Waals surface area contributed by atoms with Crippen LogP contribution in [-0.4, -0.2) is 23.4 Å². The van der Waals surface area contributed by atoms with E-state index in [0.717, 1.165) is 62.2 Å². The molecule has 0 saturated heterocycles. The van der Waals surface area contributed by atoms with Gasteiger partial charge in [0.2, 0.25) is 0 Å². The SMILES string of the molecule is CC1=NC2C=CCCC2C=C1C1=CCC(C2=NC(c3ccccc3)N=C(C3=CCCC=C3)N2)CC1C1CC2=C(CCC=C2)C2=C1C=CCC2. The molecule has 248 valence electrons. The zero-order valence-electron chi connectivity index (χ0n) is 28.8. The molecule has 0 spiro atoms. The molecule has 1 aromatic rings. The van der Waals surface area contributed by atoms with Gasteiger partial charge in [-0.1, -0.05) is 97.2 Å². The summed E-state index contributed by atoms with van der Waals surface area (Å²) in [7, 11) is 0. The lowest BCUT2D eigenvalue weighted by Gasteiger charge is -2.43. The number of benzene rings is 1. The summed E-state index contributed by atoms with van der Waals surface area (Å²) in [6.07, 6.45) is 38.7. The summed E-state index contributed by atoms with van der Waals surface area (Å²) in [6.45, 7) is 2.26. The molecule has 0 radical (unpaired) electrons. The molecule has 0 saturated carbocycles. The Morgan fingerprint density at radius 2 is 1.63 bits per heavy atom. The molecule has 9 rings (SSSR count). The highest BCUT2D eigenvalue weighted by atomic mass is 15.2. The zero-order valence-corrected chi connectivity index (χ0v) is 28.8. The molecule has 0 bridgehead atoms. The van der Waals surface area contributed by atoms with Crippen LogP contribution in [0.1, 0.15) is 89.3 Å². The van der Waals surface area contributed by atoms with Crippen LogP contribution in [0.3, 0.4) is 0 Å². The third-order valence-corrected chi connectivity index (χ3v) is 12.1. The van der Waals surface area contributed by atoms with Gasteiger partial charge in [0.05, 0.1) is 6.04 Å². The highest BCUT2D eigenvalue weighted by Crippen LogP contribution is 2.51. The fourth-order valence-corrected chi connectivity index (χ4v) is 9.65. The number of hydrogen-bond acceptors (Lipinski definition) is 4. The first-order valence-electron chi connectivity index (χ1n) is 19.0. The van der Waals surface area contributed by atoms with Crippen LogP contribution in [0.2, 0.25) is 0 Å². The van der Waals surface area contributed by atoms with Crippen LogP contribution >= 0.6 is 0 Å². The molecular weight excluding hydrogens is 597 g/mol. The van der Waals surface area contributed by atoms with Crippen molar-refractivity contribution in [3.05, 3.63) is 142 Å². The molecule has 0 aromatic heterocycles. The summed E-state index contributed by atoms with van der Waals surface area (Å²) in [5.41, 5.74) is 13.0. The van der Waals surface area contributed by atoms with Gasteiger partial charge in [-0.2, -0.15) is 0 Å². The second kappa shape index (κ2) is 13.2. The molecule has 6 aliphatic carbocycles. The van der Waals surface area contributed by atoms with Gasteiger partial charge in [0.1, 0.15) is 11.7 Å². The average Bonchev–Trinajstić information content (AvgIpc) is 3.17. The normalized spacial score (nSPS) is 32.1. The lowest BCUT2D eigenvalue weighted by Crippen LogP contribution is -2.42. The summed E-state index contributed by atoms with van der Waals surface area (Å²) < 4.78 is 0. The minimum atomic E-state index is -0.232.